The number of carbonyl (C=O) groups is 1. The van der Waals surface area contributed by atoms with Gasteiger partial charge in [0.1, 0.15) is 15.7 Å². The van der Waals surface area contributed by atoms with Gasteiger partial charge in [0.05, 0.1) is 0 Å². The van der Waals surface area contributed by atoms with Gasteiger partial charge in [0, 0.05) is 13.5 Å². The monoisotopic (exact) mass is 137 g/mol. The molecule has 0 aliphatic carbocycles. The first-order valence-electron chi connectivity index (χ1n) is 3.73. The Morgan fingerprint density at radius 3 is 2.30 bits per heavy atom. The maximum absolute atomic E-state index is 11.1. The molecular formula is C6H13B2NO. The first-order chi connectivity index (χ1) is 4.46. The van der Waals surface area contributed by atoms with Crippen LogP contribution in [0.4, 0.5) is 0 Å². The van der Waals surface area contributed by atoms with Crippen molar-refractivity contribution in [3.05, 3.63) is 0 Å². The van der Waals surface area contributed by atoms with Crippen LogP contribution in [-0.4, -0.2) is 38.9 Å². The topological polar surface area (TPSA) is 20.3 Å². The normalized spacial score (nSPS) is 31.2. The molecule has 4 heteroatoms. The van der Waals surface area contributed by atoms with Crippen LogP contribution in [-0.2, 0) is 4.79 Å². The average molecular weight is 137 g/mol. The quantitative estimate of drug-likeness (QED) is 0.368. The third kappa shape index (κ3) is 0.862. The van der Waals surface area contributed by atoms with E-state index in [-0.39, 0.29) is 11.2 Å². The van der Waals surface area contributed by atoms with Crippen molar-refractivity contribution in [2.24, 2.45) is 5.92 Å². The molecule has 2 nitrogen and oxygen atoms in total. The van der Waals surface area contributed by atoms with Crippen LogP contribution in [0.3, 0.4) is 0 Å². The highest BCUT2D eigenvalue weighted by Crippen LogP contribution is 2.28. The lowest BCUT2D eigenvalue weighted by molar-refractivity contribution is -0.127. The Kier molecular flexibility index (Phi) is 1.57. The van der Waals surface area contributed by atoms with E-state index in [9.17, 15) is 4.79 Å². The summed E-state index contributed by atoms with van der Waals surface area (Å²) in [4.78, 5) is 13.0. The maximum Gasteiger partial charge on any atom is 0.221 e. The molecule has 1 unspecified atom stereocenters. The maximum atomic E-state index is 11.1. The molecule has 1 aliphatic heterocycles. The molecule has 1 atom stereocenters. The molecule has 1 rings (SSSR count). The van der Waals surface area contributed by atoms with Crippen molar-refractivity contribution in [1.82, 2.24) is 4.90 Å². The summed E-state index contributed by atoms with van der Waals surface area (Å²) >= 11 is 0. The Morgan fingerprint density at radius 2 is 2.20 bits per heavy atom. The molecule has 10 heavy (non-hydrogen) atoms. The highest BCUT2D eigenvalue weighted by Gasteiger charge is 2.40. The third-order valence-electron chi connectivity index (χ3n) is 2.93. The van der Waals surface area contributed by atoms with E-state index in [2.05, 4.69) is 22.6 Å². The fourth-order valence-electron chi connectivity index (χ4n) is 1.30. The Hall–Kier alpha value is -0.400. The summed E-state index contributed by atoms with van der Waals surface area (Å²) in [5, 5.41) is 0.0666. The first kappa shape index (κ1) is 7.70. The van der Waals surface area contributed by atoms with E-state index < -0.39 is 0 Å². The first-order valence-corrected chi connectivity index (χ1v) is 3.73. The Labute approximate surface area is 63.8 Å². The van der Waals surface area contributed by atoms with Crippen molar-refractivity contribution in [2.75, 3.05) is 7.05 Å². The fraction of sp³-hybridized carbons (Fsp3) is 0.833. The van der Waals surface area contributed by atoms with E-state index in [1.807, 2.05) is 11.9 Å². The van der Waals surface area contributed by atoms with Crippen LogP contribution in [0, 0.1) is 5.92 Å². The molecule has 1 fully saturated rings. The zero-order valence-corrected chi connectivity index (χ0v) is 7.14. The minimum Gasteiger partial charge on any atom is -0.356 e. The van der Waals surface area contributed by atoms with Gasteiger partial charge >= 0.3 is 0 Å². The zero-order valence-electron chi connectivity index (χ0n) is 7.14. The second kappa shape index (κ2) is 2.04. The third-order valence-corrected chi connectivity index (χ3v) is 2.93. The van der Waals surface area contributed by atoms with Gasteiger partial charge in [-0.15, -0.1) is 0 Å². The Balaban J connectivity index is 2.85. The number of hydrogen-bond donors (Lipinski definition) is 0. The molecule has 0 aromatic carbocycles. The van der Waals surface area contributed by atoms with E-state index in [1.54, 1.807) is 0 Å². The molecule has 0 spiro atoms. The van der Waals surface area contributed by atoms with Crippen molar-refractivity contribution in [3.63, 3.8) is 0 Å². The SMILES string of the molecule is BC1(B)C(C)CC(=O)N1C. The van der Waals surface area contributed by atoms with E-state index in [0.717, 1.165) is 0 Å². The predicted octanol–water partition coefficient (Wildman–Crippen LogP) is -1.60. The zero-order chi connectivity index (χ0) is 7.94. The van der Waals surface area contributed by atoms with Gasteiger partial charge in [-0.2, -0.15) is 0 Å². The van der Waals surface area contributed by atoms with Gasteiger partial charge in [-0.1, -0.05) is 6.92 Å². The van der Waals surface area contributed by atoms with Crippen molar-refractivity contribution in [2.45, 2.75) is 18.7 Å². The smallest absolute Gasteiger partial charge is 0.221 e. The fourth-order valence-corrected chi connectivity index (χ4v) is 1.30. The molecule has 54 valence electrons. The van der Waals surface area contributed by atoms with Crippen LogP contribution < -0.4 is 0 Å². The van der Waals surface area contributed by atoms with Crippen LogP contribution in [0.1, 0.15) is 13.3 Å². The predicted molar refractivity (Wildman–Crippen MR) is 46.4 cm³/mol. The van der Waals surface area contributed by atoms with Crippen molar-refractivity contribution < 1.29 is 4.79 Å². The summed E-state index contributed by atoms with van der Waals surface area (Å²) in [5.41, 5.74) is 0. The molecule has 0 aromatic heterocycles. The standard InChI is InChI=1S/C6H13B2NO/c1-4-3-5(10)9(2)6(4,7)8/h4H,3,7-8H2,1-2H3. The van der Waals surface area contributed by atoms with Gasteiger partial charge in [0.25, 0.3) is 0 Å². The lowest BCUT2D eigenvalue weighted by atomic mass is 9.56. The molecule has 1 saturated heterocycles. The number of nitrogens with zero attached hydrogens (tertiary/aromatic N) is 1. The van der Waals surface area contributed by atoms with E-state index in [0.29, 0.717) is 12.3 Å². The van der Waals surface area contributed by atoms with E-state index in [1.165, 1.54) is 0 Å². The highest BCUT2D eigenvalue weighted by atomic mass is 16.2. The number of rotatable bonds is 0. The minimum absolute atomic E-state index is 0.0666. The van der Waals surface area contributed by atoms with Gasteiger partial charge in [-0.25, -0.2) is 0 Å². The summed E-state index contributed by atoms with van der Waals surface area (Å²) in [6.07, 6.45) is 0.712. The minimum atomic E-state index is 0.0666. The van der Waals surface area contributed by atoms with Crippen LogP contribution >= 0.6 is 0 Å². The van der Waals surface area contributed by atoms with Crippen LogP contribution in [0.25, 0.3) is 0 Å². The number of carbonyl (C=O) groups excluding carboxylic acids is 1. The van der Waals surface area contributed by atoms with Crippen LogP contribution in [0.2, 0.25) is 0 Å². The molecule has 1 heterocycles. The van der Waals surface area contributed by atoms with E-state index in [4.69, 9.17) is 0 Å². The van der Waals surface area contributed by atoms with Crippen molar-refractivity contribution in [1.29, 1.82) is 0 Å². The second-order valence-corrected chi connectivity index (χ2v) is 3.71. The van der Waals surface area contributed by atoms with Gasteiger partial charge in [0.2, 0.25) is 5.91 Å². The Bertz CT molecular complexity index is 169. The van der Waals surface area contributed by atoms with Crippen LogP contribution in [0.5, 0.6) is 0 Å². The average Bonchev–Trinajstić information content (AvgIpc) is 1.97. The van der Waals surface area contributed by atoms with Gasteiger partial charge in [-0.3, -0.25) is 4.79 Å². The molecule has 0 N–H and O–H groups in total. The highest BCUT2D eigenvalue weighted by molar-refractivity contribution is 6.41. The molecule has 0 bridgehead atoms. The summed E-state index contributed by atoms with van der Waals surface area (Å²) < 4.78 is 0. The number of hydrogen-bond acceptors (Lipinski definition) is 1. The lowest BCUT2D eigenvalue weighted by Gasteiger charge is -2.31. The van der Waals surface area contributed by atoms with Gasteiger partial charge < -0.3 is 4.90 Å². The van der Waals surface area contributed by atoms with E-state index >= 15 is 0 Å². The number of amides is 1. The molecule has 0 radical (unpaired) electrons. The second-order valence-electron chi connectivity index (χ2n) is 3.71. The molecular weight excluding hydrogens is 124 g/mol. The summed E-state index contributed by atoms with van der Waals surface area (Å²) in [6.45, 7) is 2.13. The molecule has 0 saturated carbocycles. The van der Waals surface area contributed by atoms with Gasteiger partial charge in [0.15, 0.2) is 0 Å². The van der Waals surface area contributed by atoms with Crippen molar-refractivity contribution in [3.8, 4) is 0 Å². The summed E-state index contributed by atoms with van der Waals surface area (Å²) in [7, 11) is 6.11. The largest absolute Gasteiger partial charge is 0.356 e. The van der Waals surface area contributed by atoms with Crippen LogP contribution in [0.15, 0.2) is 0 Å². The molecule has 1 amide bonds. The molecule has 0 aromatic rings. The molecule has 1 aliphatic rings. The van der Waals surface area contributed by atoms with Crippen molar-refractivity contribution >= 4 is 21.6 Å². The Morgan fingerprint density at radius 1 is 1.70 bits per heavy atom. The number of likely N-dealkylation sites (tertiary alicyclic amines) is 1. The lowest BCUT2D eigenvalue weighted by Crippen LogP contribution is -2.47. The summed E-state index contributed by atoms with van der Waals surface area (Å²) in [5.74, 6) is 0.766. The van der Waals surface area contributed by atoms with Gasteiger partial charge in [-0.05, 0) is 11.3 Å². The summed E-state index contributed by atoms with van der Waals surface area (Å²) in [6, 6.07) is 0.